The lowest BCUT2D eigenvalue weighted by Crippen LogP contribution is -2.47. The molecule has 1 aromatic carbocycles. The monoisotopic (exact) mass is 575 g/mol. The van der Waals surface area contributed by atoms with Crippen molar-refractivity contribution in [3.63, 3.8) is 0 Å². The summed E-state index contributed by atoms with van der Waals surface area (Å²) in [5.74, 6) is -0.926. The van der Waals surface area contributed by atoms with Crippen LogP contribution in [0.3, 0.4) is 0 Å². The summed E-state index contributed by atoms with van der Waals surface area (Å²) >= 11 is 18.1. The van der Waals surface area contributed by atoms with Crippen LogP contribution in [0.15, 0.2) is 57.2 Å². The van der Waals surface area contributed by atoms with Crippen LogP contribution in [0.4, 0.5) is 32.0 Å². The quantitative estimate of drug-likeness (QED) is 0.289. The number of hydrazine groups is 1. The highest BCUT2D eigenvalue weighted by Crippen LogP contribution is 2.48. The first-order chi connectivity index (χ1) is 16.6. The molecule has 0 saturated heterocycles. The molecule has 3 rings (SSSR count). The molecule has 1 heterocycles. The van der Waals surface area contributed by atoms with Crippen LogP contribution in [-0.4, -0.2) is 36.6 Å². The number of oxime groups is 1. The van der Waals surface area contributed by atoms with Gasteiger partial charge in [-0.3, -0.25) is 15.2 Å². The van der Waals surface area contributed by atoms with Crippen LogP contribution in [0.25, 0.3) is 0 Å². The summed E-state index contributed by atoms with van der Waals surface area (Å²) in [4.78, 5) is 16.9. The largest absolute Gasteiger partial charge is 0.435 e. The van der Waals surface area contributed by atoms with Gasteiger partial charge in [0.15, 0.2) is 0 Å². The van der Waals surface area contributed by atoms with Crippen molar-refractivity contribution in [2.75, 3.05) is 12.1 Å². The Bertz CT molecular complexity index is 1160. The standard InChI is InChI=1S/C22H18Cl3F6N3O2/c1-34(32-19(35)6-7-21(26,27)28)18-8-12(2-5-16(18)25)17-11-20(36-33-17,22(29,30)31)13-3-4-14(23)10-15(24)9-13/h2-3,5,8-10H,4,6-7,11H2,1H3,(H,32,35). The van der Waals surface area contributed by atoms with Gasteiger partial charge in [0.25, 0.3) is 5.60 Å². The van der Waals surface area contributed by atoms with Gasteiger partial charge in [-0.25, -0.2) is 0 Å². The summed E-state index contributed by atoms with van der Waals surface area (Å²) in [7, 11) is 1.32. The predicted octanol–water partition coefficient (Wildman–Crippen LogP) is 7.15. The molecule has 1 N–H and O–H groups in total. The molecule has 0 aromatic heterocycles. The highest BCUT2D eigenvalue weighted by Gasteiger charge is 2.63. The zero-order chi connectivity index (χ0) is 26.9. The SMILES string of the molecule is CN(NC(=O)CCC(F)(F)F)c1cc(C2=NOC(C3=CCC(Cl)=CC(Cl)=C3)(C(F)(F)F)C2)ccc1Cl. The first kappa shape index (κ1) is 28.2. The van der Waals surface area contributed by atoms with Crippen molar-refractivity contribution in [2.24, 2.45) is 5.16 Å². The van der Waals surface area contributed by atoms with Crippen LogP contribution in [0, 0.1) is 0 Å². The zero-order valence-corrected chi connectivity index (χ0v) is 20.7. The summed E-state index contributed by atoms with van der Waals surface area (Å²) in [5.41, 5.74) is -0.611. The molecule has 0 bridgehead atoms. The third-order valence-corrected chi connectivity index (χ3v) is 6.13. The number of hydrogen-bond donors (Lipinski definition) is 1. The van der Waals surface area contributed by atoms with E-state index in [2.05, 4.69) is 10.6 Å². The maximum Gasteiger partial charge on any atom is 0.435 e. The fourth-order valence-electron chi connectivity index (χ4n) is 3.51. The number of anilines is 1. The molecule has 0 saturated carbocycles. The van der Waals surface area contributed by atoms with Gasteiger partial charge in [0.2, 0.25) is 5.91 Å². The van der Waals surface area contributed by atoms with Crippen molar-refractivity contribution >= 4 is 52.1 Å². The van der Waals surface area contributed by atoms with E-state index in [1.807, 2.05) is 0 Å². The molecule has 1 atom stereocenters. The molecule has 1 aliphatic carbocycles. The van der Waals surface area contributed by atoms with Crippen LogP contribution in [-0.2, 0) is 9.63 Å². The second kappa shape index (κ2) is 10.5. The Morgan fingerprint density at radius 2 is 1.86 bits per heavy atom. The summed E-state index contributed by atoms with van der Waals surface area (Å²) in [6, 6.07) is 4.10. The number of amides is 1. The molecular formula is C22H18Cl3F6N3O2. The molecule has 5 nitrogen and oxygen atoms in total. The maximum absolute atomic E-state index is 14.3. The number of alkyl halides is 6. The first-order valence-corrected chi connectivity index (χ1v) is 11.4. The van der Waals surface area contributed by atoms with Gasteiger partial charge in [-0.05, 0) is 24.3 Å². The Morgan fingerprint density at radius 1 is 1.17 bits per heavy atom. The average molecular weight is 577 g/mol. The van der Waals surface area contributed by atoms with E-state index in [9.17, 15) is 31.1 Å². The van der Waals surface area contributed by atoms with E-state index in [0.29, 0.717) is 0 Å². The fourth-order valence-corrected chi connectivity index (χ4v) is 4.26. The number of allylic oxidation sites excluding steroid dienone is 4. The van der Waals surface area contributed by atoms with Crippen LogP contribution < -0.4 is 10.4 Å². The van der Waals surface area contributed by atoms with E-state index in [4.69, 9.17) is 39.6 Å². The second-order valence-electron chi connectivity index (χ2n) is 7.99. The van der Waals surface area contributed by atoms with Gasteiger partial charge in [-0.15, -0.1) is 0 Å². The number of rotatable bonds is 6. The second-order valence-corrected chi connectivity index (χ2v) is 9.32. The van der Waals surface area contributed by atoms with Crippen molar-refractivity contribution < 1.29 is 36.0 Å². The van der Waals surface area contributed by atoms with Crippen LogP contribution in [0.2, 0.25) is 5.02 Å². The van der Waals surface area contributed by atoms with E-state index in [1.165, 1.54) is 37.4 Å². The Morgan fingerprint density at radius 3 is 2.50 bits per heavy atom. The molecule has 0 radical (unpaired) electrons. The third kappa shape index (κ3) is 6.49. The number of halogens is 9. The number of benzene rings is 1. The molecule has 0 fully saturated rings. The summed E-state index contributed by atoms with van der Waals surface area (Å²) in [5, 5.41) is 5.07. The molecule has 1 unspecified atom stereocenters. The Hall–Kier alpha value is -2.37. The molecule has 1 aromatic rings. The Balaban J connectivity index is 1.85. The number of carbonyl (C=O) groups is 1. The smallest absolute Gasteiger partial charge is 0.374 e. The van der Waals surface area contributed by atoms with Gasteiger partial charge in [-0.2, -0.15) is 26.3 Å². The van der Waals surface area contributed by atoms with Crippen LogP contribution in [0.5, 0.6) is 0 Å². The van der Waals surface area contributed by atoms with Gasteiger partial charge in [-0.1, -0.05) is 52.1 Å². The highest BCUT2D eigenvalue weighted by molar-refractivity contribution is 6.35. The van der Waals surface area contributed by atoms with Crippen LogP contribution >= 0.6 is 34.8 Å². The Labute approximate surface area is 216 Å². The fraction of sp³-hybridized carbons (Fsp3) is 0.364. The molecule has 0 spiro atoms. The van der Waals surface area contributed by atoms with Crippen molar-refractivity contribution in [3.8, 4) is 0 Å². The van der Waals surface area contributed by atoms with E-state index in [-0.39, 0.29) is 44.0 Å². The summed E-state index contributed by atoms with van der Waals surface area (Å²) < 4.78 is 80.0. The maximum atomic E-state index is 14.3. The average Bonchev–Trinajstić information content (AvgIpc) is 3.14. The topological polar surface area (TPSA) is 53.9 Å². The highest BCUT2D eigenvalue weighted by atomic mass is 35.5. The van der Waals surface area contributed by atoms with Crippen molar-refractivity contribution in [2.45, 2.75) is 43.6 Å². The first-order valence-electron chi connectivity index (χ1n) is 10.3. The third-order valence-electron chi connectivity index (χ3n) is 5.33. The molecule has 1 amide bonds. The molecule has 2 aliphatic rings. The molecule has 36 heavy (non-hydrogen) atoms. The van der Waals surface area contributed by atoms with Crippen molar-refractivity contribution in [1.29, 1.82) is 0 Å². The lowest BCUT2D eigenvalue weighted by molar-refractivity contribution is -0.251. The summed E-state index contributed by atoms with van der Waals surface area (Å²) in [6.45, 7) is 0. The van der Waals surface area contributed by atoms with Crippen molar-refractivity contribution in [3.05, 3.63) is 62.7 Å². The number of carbonyl (C=O) groups excluding carboxylic acids is 1. The number of nitrogens with zero attached hydrogens (tertiary/aromatic N) is 2. The van der Waals surface area contributed by atoms with E-state index >= 15 is 0 Å². The van der Waals surface area contributed by atoms with E-state index < -0.39 is 43.1 Å². The zero-order valence-electron chi connectivity index (χ0n) is 18.4. The van der Waals surface area contributed by atoms with Gasteiger partial charge < -0.3 is 4.84 Å². The van der Waals surface area contributed by atoms with E-state index in [0.717, 1.165) is 11.1 Å². The van der Waals surface area contributed by atoms with Crippen molar-refractivity contribution in [1.82, 2.24) is 5.43 Å². The lowest BCUT2D eigenvalue weighted by atomic mass is 9.85. The minimum absolute atomic E-state index is 0.00402. The van der Waals surface area contributed by atoms with Gasteiger partial charge in [0.1, 0.15) is 0 Å². The molecule has 196 valence electrons. The predicted molar refractivity (Wildman–Crippen MR) is 125 cm³/mol. The molecular weight excluding hydrogens is 559 g/mol. The Kier molecular flexibility index (Phi) is 8.26. The minimum atomic E-state index is -4.88. The lowest BCUT2D eigenvalue weighted by Gasteiger charge is -2.30. The molecule has 1 aliphatic heterocycles. The van der Waals surface area contributed by atoms with Crippen LogP contribution in [0.1, 0.15) is 31.2 Å². The van der Waals surface area contributed by atoms with E-state index in [1.54, 1.807) is 0 Å². The normalized spacial score (nSPS) is 20.5. The van der Waals surface area contributed by atoms with Gasteiger partial charge in [0.05, 0.1) is 22.8 Å². The minimum Gasteiger partial charge on any atom is -0.374 e. The van der Waals surface area contributed by atoms with Gasteiger partial charge in [0, 0.05) is 47.5 Å². The number of nitrogens with one attached hydrogen (secondary N) is 1. The summed E-state index contributed by atoms with van der Waals surface area (Å²) in [6.07, 6.45) is -8.52. The number of hydrogen-bond acceptors (Lipinski definition) is 4. The molecule has 14 heteroatoms. The van der Waals surface area contributed by atoms with Gasteiger partial charge >= 0.3 is 12.4 Å².